The lowest BCUT2D eigenvalue weighted by Gasteiger charge is -2.33. The van der Waals surface area contributed by atoms with Crippen LogP contribution >= 0.6 is 0 Å². The number of nitrogens with zero attached hydrogens (tertiary/aromatic N) is 4. The molecule has 0 spiro atoms. The van der Waals surface area contributed by atoms with Gasteiger partial charge in [-0.15, -0.1) is 0 Å². The van der Waals surface area contributed by atoms with Gasteiger partial charge in [-0.05, 0) is 17.2 Å². The first-order valence-electron chi connectivity index (χ1n) is 11.6. The normalized spacial score (nSPS) is 23.5. The number of hydrogen-bond acceptors (Lipinski definition) is 8. The first-order valence-corrected chi connectivity index (χ1v) is 11.6. The third-order valence-corrected chi connectivity index (χ3v) is 7.23. The van der Waals surface area contributed by atoms with Gasteiger partial charge in [0.2, 0.25) is 11.8 Å². The maximum atomic E-state index is 14.0. The molecule has 2 fully saturated rings. The highest BCUT2D eigenvalue weighted by Crippen LogP contribution is 2.54. The Kier molecular flexibility index (Phi) is 5.11. The molecule has 4 atom stereocenters. The van der Waals surface area contributed by atoms with Gasteiger partial charge >= 0.3 is 0 Å². The van der Waals surface area contributed by atoms with Crippen molar-refractivity contribution in [1.82, 2.24) is 5.01 Å². The van der Waals surface area contributed by atoms with Crippen LogP contribution in [0.3, 0.4) is 0 Å². The summed E-state index contributed by atoms with van der Waals surface area (Å²) in [7, 11) is 1.35. The minimum absolute atomic E-state index is 0.0221. The standard InChI is InChI=1S/C27H20N4O6/c1-37-20-12-11-17(31(35)36)13-19(20)29-26(33)21-22(27(29)34)24(25(32)15-7-3-2-4-8-15)30-23(21)18-10-6-5-9-16(18)14-28-30/h2-14,21-24H,1H3/t21-,22+,23+,24-/m0/s1. The summed E-state index contributed by atoms with van der Waals surface area (Å²) in [5.74, 6) is -3.34. The second kappa shape index (κ2) is 8.37. The number of hydrazone groups is 1. The van der Waals surface area contributed by atoms with Gasteiger partial charge in [-0.3, -0.25) is 29.5 Å². The lowest BCUT2D eigenvalue weighted by molar-refractivity contribution is -0.384. The van der Waals surface area contributed by atoms with Crippen LogP contribution in [0.25, 0.3) is 0 Å². The number of Topliss-reactive ketones (excluding diaryl/α,β-unsaturated/α-hetero) is 1. The number of nitro groups is 1. The van der Waals surface area contributed by atoms with E-state index in [9.17, 15) is 24.5 Å². The SMILES string of the molecule is COc1ccc([N+](=O)[O-])cc1N1C(=O)[C@@H]2[C@H](C1=O)[C@H]1c3ccccc3C=NN1[C@@H]2C(=O)c1ccccc1. The van der Waals surface area contributed by atoms with Crippen LogP contribution in [0.2, 0.25) is 0 Å². The predicted molar refractivity (Wildman–Crippen MR) is 132 cm³/mol. The number of rotatable bonds is 5. The lowest BCUT2D eigenvalue weighted by Crippen LogP contribution is -2.44. The molecule has 10 heteroatoms. The van der Waals surface area contributed by atoms with Crippen LogP contribution in [-0.2, 0) is 9.59 Å². The van der Waals surface area contributed by atoms with Crippen LogP contribution in [-0.4, -0.2) is 46.9 Å². The number of amides is 2. The molecule has 3 heterocycles. The van der Waals surface area contributed by atoms with Gasteiger partial charge in [0, 0.05) is 17.7 Å². The van der Waals surface area contributed by atoms with Gasteiger partial charge in [0.05, 0.1) is 36.1 Å². The average Bonchev–Trinajstić information content (AvgIpc) is 3.40. The molecule has 3 aromatic carbocycles. The molecule has 0 bridgehead atoms. The number of ether oxygens (including phenoxy) is 1. The van der Waals surface area contributed by atoms with Crippen LogP contribution in [0.5, 0.6) is 5.75 Å². The number of ketones is 1. The summed E-state index contributed by atoms with van der Waals surface area (Å²) < 4.78 is 5.35. The van der Waals surface area contributed by atoms with Crippen molar-refractivity contribution in [2.45, 2.75) is 12.1 Å². The first-order chi connectivity index (χ1) is 17.9. The minimum atomic E-state index is -1.04. The second-order valence-electron chi connectivity index (χ2n) is 9.05. The second-order valence-corrected chi connectivity index (χ2v) is 9.05. The van der Waals surface area contributed by atoms with Crippen LogP contribution in [0.15, 0.2) is 77.9 Å². The molecule has 0 aromatic heterocycles. The van der Waals surface area contributed by atoms with Crippen molar-refractivity contribution in [3.63, 3.8) is 0 Å². The van der Waals surface area contributed by atoms with Crippen molar-refractivity contribution in [2.75, 3.05) is 12.0 Å². The summed E-state index contributed by atoms with van der Waals surface area (Å²) in [5.41, 5.74) is 1.66. The van der Waals surface area contributed by atoms with E-state index in [0.29, 0.717) is 5.56 Å². The van der Waals surface area contributed by atoms with Crippen molar-refractivity contribution in [3.8, 4) is 5.75 Å². The molecule has 2 amide bonds. The number of benzene rings is 3. The predicted octanol–water partition coefficient (Wildman–Crippen LogP) is 3.36. The molecule has 6 rings (SSSR count). The van der Waals surface area contributed by atoms with E-state index in [2.05, 4.69) is 5.10 Å². The van der Waals surface area contributed by atoms with Crippen LogP contribution in [0.4, 0.5) is 11.4 Å². The summed E-state index contributed by atoms with van der Waals surface area (Å²) in [6.45, 7) is 0. The third kappa shape index (κ3) is 3.25. The van der Waals surface area contributed by atoms with Crippen LogP contribution < -0.4 is 9.64 Å². The van der Waals surface area contributed by atoms with Crippen molar-refractivity contribution < 1.29 is 24.0 Å². The van der Waals surface area contributed by atoms with E-state index in [1.807, 2.05) is 24.3 Å². The summed E-state index contributed by atoms with van der Waals surface area (Å²) in [5, 5.41) is 17.6. The molecule has 0 N–H and O–H groups in total. The van der Waals surface area contributed by atoms with E-state index in [1.165, 1.54) is 19.2 Å². The molecule has 0 saturated carbocycles. The Morgan fingerprint density at radius 1 is 0.973 bits per heavy atom. The topological polar surface area (TPSA) is 122 Å². The number of hydrogen-bond donors (Lipinski definition) is 0. The molecule has 3 aromatic rings. The molecule has 3 aliphatic heterocycles. The number of anilines is 1. The Bertz CT molecular complexity index is 1500. The molecule has 0 radical (unpaired) electrons. The Balaban J connectivity index is 1.52. The number of carbonyl (C=O) groups excluding carboxylic acids is 3. The Morgan fingerprint density at radius 2 is 1.68 bits per heavy atom. The highest BCUT2D eigenvalue weighted by atomic mass is 16.6. The van der Waals surface area contributed by atoms with E-state index in [4.69, 9.17) is 4.74 Å². The zero-order valence-corrected chi connectivity index (χ0v) is 19.6. The van der Waals surface area contributed by atoms with E-state index in [1.54, 1.807) is 41.6 Å². The molecule has 2 saturated heterocycles. The molecule has 10 nitrogen and oxygen atoms in total. The maximum absolute atomic E-state index is 14.0. The van der Waals surface area contributed by atoms with Gasteiger partial charge in [0.25, 0.3) is 5.69 Å². The quantitative estimate of drug-likeness (QED) is 0.230. The van der Waals surface area contributed by atoms with E-state index in [-0.39, 0.29) is 22.9 Å². The molecule has 3 aliphatic rings. The van der Waals surface area contributed by atoms with Gasteiger partial charge in [-0.2, -0.15) is 5.10 Å². The Labute approximate surface area is 210 Å². The fraction of sp³-hybridized carbons (Fsp3) is 0.185. The van der Waals surface area contributed by atoms with Crippen LogP contribution in [0, 0.1) is 22.0 Å². The van der Waals surface area contributed by atoms with Gasteiger partial charge in [-0.1, -0.05) is 54.6 Å². The summed E-state index contributed by atoms with van der Waals surface area (Å²) in [6.07, 6.45) is 1.63. The number of methoxy groups -OCH3 is 1. The van der Waals surface area contributed by atoms with Crippen molar-refractivity contribution >= 4 is 35.2 Å². The van der Waals surface area contributed by atoms with Crippen LogP contribution in [0.1, 0.15) is 27.5 Å². The lowest BCUT2D eigenvalue weighted by atomic mass is 9.83. The number of nitro benzene ring substituents is 1. The maximum Gasteiger partial charge on any atom is 0.271 e. The monoisotopic (exact) mass is 496 g/mol. The molecular weight excluding hydrogens is 476 g/mol. The number of non-ortho nitro benzene ring substituents is 1. The van der Waals surface area contributed by atoms with Gasteiger partial charge in [0.1, 0.15) is 17.5 Å². The third-order valence-electron chi connectivity index (χ3n) is 7.23. The zero-order chi connectivity index (χ0) is 25.8. The first kappa shape index (κ1) is 22.6. The van der Waals surface area contributed by atoms with Crippen molar-refractivity contribution in [1.29, 1.82) is 0 Å². The van der Waals surface area contributed by atoms with Crippen molar-refractivity contribution in [3.05, 3.63) is 99.6 Å². The van der Waals surface area contributed by atoms with Gasteiger partial charge in [-0.25, -0.2) is 4.90 Å². The van der Waals surface area contributed by atoms with E-state index >= 15 is 0 Å². The Hall–Kier alpha value is -4.86. The number of imide groups is 1. The van der Waals surface area contributed by atoms with Gasteiger partial charge < -0.3 is 4.74 Å². The molecule has 0 unspecified atom stereocenters. The largest absolute Gasteiger partial charge is 0.495 e. The fourth-order valence-corrected chi connectivity index (χ4v) is 5.65. The van der Waals surface area contributed by atoms with Crippen molar-refractivity contribution in [2.24, 2.45) is 16.9 Å². The smallest absolute Gasteiger partial charge is 0.271 e. The summed E-state index contributed by atoms with van der Waals surface area (Å²) in [6, 6.07) is 18.0. The zero-order valence-electron chi connectivity index (χ0n) is 19.6. The van der Waals surface area contributed by atoms with Gasteiger partial charge in [0.15, 0.2) is 5.78 Å². The summed E-state index contributed by atoms with van der Waals surface area (Å²) >= 11 is 0. The molecule has 184 valence electrons. The number of fused-ring (bicyclic) bond motifs is 5. The number of carbonyl (C=O) groups is 3. The minimum Gasteiger partial charge on any atom is -0.495 e. The fourth-order valence-electron chi connectivity index (χ4n) is 5.65. The molecular formula is C27H20N4O6. The highest BCUT2D eigenvalue weighted by molar-refractivity contribution is 6.25. The highest BCUT2D eigenvalue weighted by Gasteiger charge is 2.65. The average molecular weight is 496 g/mol. The summed E-state index contributed by atoms with van der Waals surface area (Å²) in [4.78, 5) is 53.6. The van der Waals surface area contributed by atoms with E-state index < -0.39 is 40.7 Å². The molecule has 37 heavy (non-hydrogen) atoms. The Morgan fingerprint density at radius 3 is 2.41 bits per heavy atom. The molecule has 0 aliphatic carbocycles. The van der Waals surface area contributed by atoms with E-state index in [0.717, 1.165) is 22.1 Å².